The molecule has 0 aromatic heterocycles. The highest BCUT2D eigenvalue weighted by molar-refractivity contribution is 6.22. The van der Waals surface area contributed by atoms with E-state index in [1.807, 2.05) is 0 Å². The summed E-state index contributed by atoms with van der Waals surface area (Å²) in [4.78, 5) is 0. The Hall–Kier alpha value is -1.61. The average Bonchev–Trinajstić information content (AvgIpc) is 2.42. The molecule has 1 unspecified atom stereocenters. The fraction of sp³-hybridized carbons (Fsp3) is 0.200. The zero-order chi connectivity index (χ0) is 14.0. The van der Waals surface area contributed by atoms with Gasteiger partial charge in [-0.25, -0.2) is 8.78 Å². The first-order chi connectivity index (χ1) is 9.02. The van der Waals surface area contributed by atoms with Gasteiger partial charge in [-0.3, -0.25) is 0 Å². The molecular weight excluding hydrogens is 270 g/mol. The molecule has 0 aliphatic heterocycles. The Bertz CT molecular complexity index is 581. The molecule has 0 aliphatic rings. The van der Waals surface area contributed by atoms with Gasteiger partial charge in [0.25, 0.3) is 0 Å². The van der Waals surface area contributed by atoms with Crippen LogP contribution in [0.25, 0.3) is 0 Å². The Kier molecular flexibility index (Phi) is 4.05. The Labute approximate surface area is 115 Å². The molecule has 0 saturated carbocycles. The highest BCUT2D eigenvalue weighted by Crippen LogP contribution is 2.32. The third-order valence-corrected chi connectivity index (χ3v) is 3.45. The van der Waals surface area contributed by atoms with Gasteiger partial charge in [0.2, 0.25) is 0 Å². The molecule has 0 heterocycles. The second-order valence-corrected chi connectivity index (χ2v) is 4.70. The van der Waals surface area contributed by atoms with E-state index in [1.54, 1.807) is 31.4 Å². The minimum absolute atomic E-state index is 0.134. The summed E-state index contributed by atoms with van der Waals surface area (Å²) in [6, 6.07) is 9.22. The van der Waals surface area contributed by atoms with Crippen molar-refractivity contribution < 1.29 is 13.5 Å². The van der Waals surface area contributed by atoms with Crippen LogP contribution >= 0.6 is 11.6 Å². The zero-order valence-corrected chi connectivity index (χ0v) is 11.3. The van der Waals surface area contributed by atoms with Crippen molar-refractivity contribution in [2.45, 2.75) is 12.3 Å². The Morgan fingerprint density at radius 3 is 2.26 bits per heavy atom. The summed E-state index contributed by atoms with van der Waals surface area (Å²) in [5, 5.41) is -0.735. The molecule has 0 bridgehead atoms. The summed E-state index contributed by atoms with van der Waals surface area (Å²) in [6.45, 7) is 1.51. The van der Waals surface area contributed by atoms with Crippen LogP contribution in [0.1, 0.15) is 22.1 Å². The molecule has 0 fully saturated rings. The van der Waals surface area contributed by atoms with E-state index in [1.165, 1.54) is 6.92 Å². The van der Waals surface area contributed by atoms with Crippen molar-refractivity contribution in [3.05, 3.63) is 64.7 Å². The van der Waals surface area contributed by atoms with Crippen LogP contribution in [0.4, 0.5) is 8.78 Å². The zero-order valence-electron chi connectivity index (χ0n) is 10.6. The number of methoxy groups -OCH3 is 1. The third kappa shape index (κ3) is 2.87. The molecule has 0 saturated heterocycles. The van der Waals surface area contributed by atoms with Crippen LogP contribution in [-0.4, -0.2) is 7.11 Å². The standard InChI is InChI=1S/C15H13ClF2O/c1-9-7-14(18)12(8-13(9)17)15(16)10-3-5-11(19-2)6-4-10/h3-8,15H,1-2H3. The second-order valence-electron chi connectivity index (χ2n) is 4.26. The molecule has 0 aliphatic carbocycles. The molecule has 2 aromatic carbocycles. The summed E-state index contributed by atoms with van der Waals surface area (Å²) in [6.07, 6.45) is 0. The van der Waals surface area contributed by atoms with Crippen LogP contribution in [0.5, 0.6) is 5.75 Å². The number of ether oxygens (including phenoxy) is 1. The minimum atomic E-state index is -0.735. The molecule has 0 N–H and O–H groups in total. The second kappa shape index (κ2) is 5.57. The maximum Gasteiger partial charge on any atom is 0.128 e. The van der Waals surface area contributed by atoms with Crippen molar-refractivity contribution in [2.24, 2.45) is 0 Å². The molecule has 2 rings (SSSR count). The van der Waals surface area contributed by atoms with E-state index in [0.717, 1.165) is 12.1 Å². The van der Waals surface area contributed by atoms with Gasteiger partial charge in [0.05, 0.1) is 12.5 Å². The third-order valence-electron chi connectivity index (χ3n) is 2.96. The predicted octanol–water partition coefficient (Wildman–Crippen LogP) is 4.61. The molecule has 1 atom stereocenters. The molecule has 100 valence electrons. The molecule has 19 heavy (non-hydrogen) atoms. The number of rotatable bonds is 3. The highest BCUT2D eigenvalue weighted by atomic mass is 35.5. The van der Waals surface area contributed by atoms with Gasteiger partial charge in [-0.05, 0) is 42.3 Å². The van der Waals surface area contributed by atoms with E-state index in [9.17, 15) is 8.78 Å². The van der Waals surface area contributed by atoms with Gasteiger partial charge in [0.1, 0.15) is 17.4 Å². The largest absolute Gasteiger partial charge is 0.497 e. The van der Waals surface area contributed by atoms with Crippen molar-refractivity contribution in [2.75, 3.05) is 7.11 Å². The molecule has 2 aromatic rings. The van der Waals surface area contributed by atoms with E-state index < -0.39 is 17.0 Å². The fourth-order valence-corrected chi connectivity index (χ4v) is 2.12. The average molecular weight is 283 g/mol. The van der Waals surface area contributed by atoms with Crippen molar-refractivity contribution in [1.82, 2.24) is 0 Å². The number of hydrogen-bond acceptors (Lipinski definition) is 1. The quantitative estimate of drug-likeness (QED) is 0.747. The summed E-state index contributed by atoms with van der Waals surface area (Å²) >= 11 is 6.21. The van der Waals surface area contributed by atoms with E-state index in [0.29, 0.717) is 11.3 Å². The van der Waals surface area contributed by atoms with E-state index in [2.05, 4.69) is 0 Å². The molecule has 0 amide bonds. The first-order valence-corrected chi connectivity index (χ1v) is 6.20. The predicted molar refractivity (Wildman–Crippen MR) is 71.8 cm³/mol. The highest BCUT2D eigenvalue weighted by Gasteiger charge is 2.17. The van der Waals surface area contributed by atoms with Crippen LogP contribution in [0.15, 0.2) is 36.4 Å². The van der Waals surface area contributed by atoms with Crippen LogP contribution in [-0.2, 0) is 0 Å². The van der Waals surface area contributed by atoms with Crippen molar-refractivity contribution in [3.63, 3.8) is 0 Å². The van der Waals surface area contributed by atoms with Gasteiger partial charge in [-0.2, -0.15) is 0 Å². The van der Waals surface area contributed by atoms with Crippen molar-refractivity contribution in [1.29, 1.82) is 0 Å². The van der Waals surface area contributed by atoms with Gasteiger partial charge >= 0.3 is 0 Å². The fourth-order valence-electron chi connectivity index (χ4n) is 1.81. The normalized spacial score (nSPS) is 12.3. The van der Waals surface area contributed by atoms with Crippen LogP contribution < -0.4 is 4.74 Å². The van der Waals surface area contributed by atoms with Gasteiger partial charge < -0.3 is 4.74 Å². The summed E-state index contributed by atoms with van der Waals surface area (Å²) < 4.78 is 32.4. The van der Waals surface area contributed by atoms with Gasteiger partial charge in [0.15, 0.2) is 0 Å². The summed E-state index contributed by atoms with van der Waals surface area (Å²) in [7, 11) is 1.56. The van der Waals surface area contributed by atoms with Crippen molar-refractivity contribution >= 4 is 11.6 Å². The van der Waals surface area contributed by atoms with Gasteiger partial charge in [-0.15, -0.1) is 11.6 Å². The van der Waals surface area contributed by atoms with Crippen molar-refractivity contribution in [3.8, 4) is 5.75 Å². The molecule has 1 nitrogen and oxygen atoms in total. The van der Waals surface area contributed by atoms with Gasteiger partial charge in [-0.1, -0.05) is 12.1 Å². The lowest BCUT2D eigenvalue weighted by Crippen LogP contribution is -2.00. The number of aryl methyl sites for hydroxylation is 1. The summed E-state index contributed by atoms with van der Waals surface area (Å²) in [5.74, 6) is -0.284. The topological polar surface area (TPSA) is 9.23 Å². The Morgan fingerprint density at radius 2 is 1.68 bits per heavy atom. The minimum Gasteiger partial charge on any atom is -0.497 e. The monoisotopic (exact) mass is 282 g/mol. The van der Waals surface area contributed by atoms with Crippen LogP contribution in [0.3, 0.4) is 0 Å². The SMILES string of the molecule is COc1ccc(C(Cl)c2cc(F)c(C)cc2F)cc1. The van der Waals surface area contributed by atoms with E-state index in [-0.39, 0.29) is 11.1 Å². The number of alkyl halides is 1. The van der Waals surface area contributed by atoms with E-state index in [4.69, 9.17) is 16.3 Å². The lowest BCUT2D eigenvalue weighted by molar-refractivity contribution is 0.414. The first-order valence-electron chi connectivity index (χ1n) is 5.76. The maximum absolute atomic E-state index is 13.8. The molecular formula is C15H13ClF2O. The smallest absolute Gasteiger partial charge is 0.128 e. The van der Waals surface area contributed by atoms with Gasteiger partial charge in [0, 0.05) is 5.56 Å². The number of benzene rings is 2. The molecule has 0 spiro atoms. The molecule has 4 heteroatoms. The number of hydrogen-bond donors (Lipinski definition) is 0. The lowest BCUT2D eigenvalue weighted by atomic mass is 10.0. The Balaban J connectivity index is 2.37. The van der Waals surface area contributed by atoms with Crippen LogP contribution in [0.2, 0.25) is 0 Å². The first kappa shape index (κ1) is 13.8. The summed E-state index contributed by atoms with van der Waals surface area (Å²) in [5.41, 5.74) is 1.08. The van der Waals surface area contributed by atoms with Crippen LogP contribution in [0, 0.1) is 18.6 Å². The van der Waals surface area contributed by atoms with E-state index >= 15 is 0 Å². The Morgan fingerprint density at radius 1 is 1.05 bits per heavy atom. The molecule has 0 radical (unpaired) electrons. The lowest BCUT2D eigenvalue weighted by Gasteiger charge is -2.13. The number of halogens is 3. The maximum atomic E-state index is 13.8.